The standard InChI is InChI=1S/C7H7FN2O2/c1-5-2-3-6(9-8)7(4-5)10(11)12/h2-4,9H,1H3. The molecule has 0 fully saturated rings. The van der Waals surface area contributed by atoms with Gasteiger partial charge < -0.3 is 0 Å². The number of benzene rings is 1. The fourth-order valence-electron chi connectivity index (χ4n) is 0.873. The highest BCUT2D eigenvalue weighted by Crippen LogP contribution is 2.24. The van der Waals surface area contributed by atoms with Gasteiger partial charge in [-0.2, -0.15) is 0 Å². The monoisotopic (exact) mass is 170 g/mol. The fourth-order valence-corrected chi connectivity index (χ4v) is 0.873. The first-order valence-corrected chi connectivity index (χ1v) is 3.27. The first kappa shape index (κ1) is 8.45. The molecular formula is C7H7FN2O2. The van der Waals surface area contributed by atoms with Gasteiger partial charge in [0.1, 0.15) is 5.69 Å². The average Bonchev–Trinajstić information content (AvgIpc) is 2.04. The van der Waals surface area contributed by atoms with Crippen LogP contribution in [0.4, 0.5) is 15.9 Å². The molecule has 1 rings (SSSR count). The number of nitrogens with zero attached hydrogens (tertiary/aromatic N) is 1. The maximum Gasteiger partial charge on any atom is 0.295 e. The average molecular weight is 170 g/mol. The van der Waals surface area contributed by atoms with Crippen LogP contribution in [0.2, 0.25) is 0 Å². The number of hydrogen-bond acceptors (Lipinski definition) is 3. The first-order chi connectivity index (χ1) is 5.65. The van der Waals surface area contributed by atoms with Crippen molar-refractivity contribution in [2.75, 3.05) is 5.54 Å². The van der Waals surface area contributed by atoms with E-state index in [1.807, 2.05) is 0 Å². The van der Waals surface area contributed by atoms with E-state index in [1.54, 1.807) is 13.0 Å². The van der Waals surface area contributed by atoms with E-state index >= 15 is 0 Å². The largest absolute Gasteiger partial charge is 0.295 e. The molecule has 1 N–H and O–H groups in total. The summed E-state index contributed by atoms with van der Waals surface area (Å²) in [5.74, 6) is 0. The molecule has 0 aliphatic carbocycles. The van der Waals surface area contributed by atoms with Gasteiger partial charge in [0.25, 0.3) is 5.69 Å². The van der Waals surface area contributed by atoms with Gasteiger partial charge in [-0.1, -0.05) is 6.07 Å². The lowest BCUT2D eigenvalue weighted by Crippen LogP contribution is -1.93. The van der Waals surface area contributed by atoms with E-state index < -0.39 is 4.92 Å². The van der Waals surface area contributed by atoms with Gasteiger partial charge in [-0.05, 0) is 18.6 Å². The van der Waals surface area contributed by atoms with Crippen LogP contribution in [0.5, 0.6) is 0 Å². The third-order valence-electron chi connectivity index (χ3n) is 1.45. The van der Waals surface area contributed by atoms with E-state index in [4.69, 9.17) is 0 Å². The summed E-state index contributed by atoms with van der Waals surface area (Å²) in [4.78, 5) is 9.70. The lowest BCUT2D eigenvalue weighted by Gasteiger charge is -1.99. The van der Waals surface area contributed by atoms with Crippen LogP contribution in [0.1, 0.15) is 5.56 Å². The molecule has 0 unspecified atom stereocenters. The Kier molecular flexibility index (Phi) is 2.23. The van der Waals surface area contributed by atoms with Gasteiger partial charge in [0.05, 0.1) is 4.92 Å². The molecule has 0 saturated carbocycles. The number of anilines is 1. The highest BCUT2D eigenvalue weighted by molar-refractivity contribution is 5.61. The minimum absolute atomic E-state index is 0.120. The SMILES string of the molecule is Cc1ccc(NF)c([N+](=O)[O-])c1. The van der Waals surface area contributed by atoms with Gasteiger partial charge in [0.2, 0.25) is 0 Å². The zero-order valence-corrected chi connectivity index (χ0v) is 6.37. The van der Waals surface area contributed by atoms with Crippen LogP contribution in [-0.4, -0.2) is 4.92 Å². The normalized spacial score (nSPS) is 9.50. The third kappa shape index (κ3) is 1.50. The Balaban J connectivity index is 3.21. The molecule has 0 amide bonds. The van der Waals surface area contributed by atoms with Crippen molar-refractivity contribution in [2.24, 2.45) is 0 Å². The summed E-state index contributed by atoms with van der Waals surface area (Å²) in [5, 5.41) is 10.3. The fraction of sp³-hybridized carbons (Fsp3) is 0.143. The summed E-state index contributed by atoms with van der Waals surface area (Å²) in [5.41, 5.74) is 1.61. The quantitative estimate of drug-likeness (QED) is 0.420. The number of nitro groups is 1. The maximum atomic E-state index is 11.9. The van der Waals surface area contributed by atoms with Crippen molar-refractivity contribution in [3.8, 4) is 0 Å². The van der Waals surface area contributed by atoms with Crippen LogP contribution in [0.15, 0.2) is 18.2 Å². The Morgan fingerprint density at radius 3 is 2.75 bits per heavy atom. The van der Waals surface area contributed by atoms with Crippen LogP contribution in [-0.2, 0) is 0 Å². The van der Waals surface area contributed by atoms with E-state index in [9.17, 15) is 14.6 Å². The first-order valence-electron chi connectivity index (χ1n) is 3.27. The van der Waals surface area contributed by atoms with Crippen molar-refractivity contribution in [1.82, 2.24) is 0 Å². The summed E-state index contributed by atoms with van der Waals surface area (Å²) in [7, 11) is 0. The van der Waals surface area contributed by atoms with Crippen molar-refractivity contribution in [3.63, 3.8) is 0 Å². The smallest absolute Gasteiger partial charge is 0.258 e. The van der Waals surface area contributed by atoms with Crippen molar-refractivity contribution in [2.45, 2.75) is 6.92 Å². The van der Waals surface area contributed by atoms with E-state index in [1.165, 1.54) is 17.7 Å². The van der Waals surface area contributed by atoms with Crippen LogP contribution < -0.4 is 5.54 Å². The Labute approximate surface area is 68.1 Å². The molecule has 0 radical (unpaired) electrons. The molecule has 0 aliphatic heterocycles. The van der Waals surface area contributed by atoms with Gasteiger partial charge in [-0.15, -0.1) is 4.48 Å². The summed E-state index contributed by atoms with van der Waals surface area (Å²) in [6.45, 7) is 1.70. The van der Waals surface area contributed by atoms with Gasteiger partial charge in [0.15, 0.2) is 0 Å². The Hall–Kier alpha value is -1.65. The van der Waals surface area contributed by atoms with E-state index in [0.717, 1.165) is 5.56 Å². The predicted molar refractivity (Wildman–Crippen MR) is 42.6 cm³/mol. The number of hydrogen-bond donors (Lipinski definition) is 1. The minimum Gasteiger partial charge on any atom is -0.258 e. The molecule has 64 valence electrons. The molecule has 1 aromatic carbocycles. The second kappa shape index (κ2) is 3.17. The van der Waals surface area contributed by atoms with Gasteiger partial charge in [-0.25, -0.2) is 5.54 Å². The van der Waals surface area contributed by atoms with Crippen molar-refractivity contribution < 1.29 is 9.40 Å². The number of nitrogens with one attached hydrogen (secondary N) is 1. The molecule has 0 spiro atoms. The molecule has 12 heavy (non-hydrogen) atoms. The molecule has 0 atom stereocenters. The number of halogens is 1. The van der Waals surface area contributed by atoms with Crippen LogP contribution in [0.25, 0.3) is 0 Å². The summed E-state index contributed by atoms with van der Waals surface area (Å²) in [6, 6.07) is 4.23. The van der Waals surface area contributed by atoms with E-state index in [0.29, 0.717) is 0 Å². The van der Waals surface area contributed by atoms with Crippen LogP contribution in [0, 0.1) is 17.0 Å². The predicted octanol–water partition coefficient (Wildman–Crippen LogP) is 2.20. The summed E-state index contributed by atoms with van der Waals surface area (Å²) < 4.78 is 11.9. The zero-order valence-electron chi connectivity index (χ0n) is 6.37. The molecule has 4 nitrogen and oxygen atoms in total. The minimum atomic E-state index is -0.630. The Morgan fingerprint density at radius 1 is 1.58 bits per heavy atom. The summed E-state index contributed by atoms with van der Waals surface area (Å²) in [6.07, 6.45) is 0. The molecule has 0 aromatic heterocycles. The molecule has 5 heteroatoms. The van der Waals surface area contributed by atoms with Crippen LogP contribution >= 0.6 is 0 Å². The number of rotatable bonds is 2. The molecular weight excluding hydrogens is 163 g/mol. The molecule has 0 aliphatic rings. The number of nitro benzene ring substituents is 1. The maximum absolute atomic E-state index is 11.9. The molecule has 0 heterocycles. The highest BCUT2D eigenvalue weighted by Gasteiger charge is 2.12. The summed E-state index contributed by atoms with van der Waals surface area (Å²) >= 11 is 0. The second-order valence-corrected chi connectivity index (χ2v) is 2.37. The third-order valence-corrected chi connectivity index (χ3v) is 1.45. The van der Waals surface area contributed by atoms with Gasteiger partial charge >= 0.3 is 0 Å². The van der Waals surface area contributed by atoms with Crippen molar-refractivity contribution in [3.05, 3.63) is 33.9 Å². The molecule has 1 aromatic rings. The Bertz CT molecular complexity index is 314. The lowest BCUT2D eigenvalue weighted by atomic mass is 10.2. The lowest BCUT2D eigenvalue weighted by molar-refractivity contribution is -0.384. The zero-order chi connectivity index (χ0) is 9.14. The molecule has 0 bridgehead atoms. The van der Waals surface area contributed by atoms with E-state index in [-0.39, 0.29) is 11.4 Å². The van der Waals surface area contributed by atoms with Crippen molar-refractivity contribution >= 4 is 11.4 Å². The van der Waals surface area contributed by atoms with Gasteiger partial charge in [0, 0.05) is 6.07 Å². The number of aryl methyl sites for hydroxylation is 1. The second-order valence-electron chi connectivity index (χ2n) is 2.37. The Morgan fingerprint density at radius 2 is 2.25 bits per heavy atom. The van der Waals surface area contributed by atoms with E-state index in [2.05, 4.69) is 0 Å². The topological polar surface area (TPSA) is 55.2 Å². The van der Waals surface area contributed by atoms with Crippen molar-refractivity contribution in [1.29, 1.82) is 0 Å². The highest BCUT2D eigenvalue weighted by atomic mass is 19.2. The van der Waals surface area contributed by atoms with Gasteiger partial charge in [-0.3, -0.25) is 10.1 Å². The molecule has 0 saturated heterocycles. The van der Waals surface area contributed by atoms with Crippen LogP contribution in [0.3, 0.4) is 0 Å².